The van der Waals surface area contributed by atoms with E-state index in [-0.39, 0.29) is 23.0 Å². The Labute approximate surface area is 155 Å². The van der Waals surface area contributed by atoms with Crippen molar-refractivity contribution in [1.82, 2.24) is 9.97 Å². The summed E-state index contributed by atoms with van der Waals surface area (Å²) in [4.78, 5) is 8.22. The van der Waals surface area contributed by atoms with E-state index in [9.17, 15) is 8.78 Å². The van der Waals surface area contributed by atoms with Crippen LogP contribution in [0.2, 0.25) is 0 Å². The molecule has 5 nitrogen and oxygen atoms in total. The van der Waals surface area contributed by atoms with Crippen LogP contribution in [0.1, 0.15) is 32.1 Å². The molecule has 7 heteroatoms. The molecular formula is C20H20F2N4O. The van der Waals surface area contributed by atoms with E-state index in [1.165, 1.54) is 30.9 Å². The van der Waals surface area contributed by atoms with E-state index in [4.69, 9.17) is 10.5 Å². The topological polar surface area (TPSA) is 73.1 Å². The molecule has 0 saturated heterocycles. The maximum absolute atomic E-state index is 14.5. The summed E-state index contributed by atoms with van der Waals surface area (Å²) in [6.45, 7) is 0. The van der Waals surface area contributed by atoms with E-state index in [0.29, 0.717) is 17.0 Å². The minimum atomic E-state index is -0.523. The lowest BCUT2D eigenvalue weighted by Gasteiger charge is -2.24. The summed E-state index contributed by atoms with van der Waals surface area (Å²) in [5.41, 5.74) is 6.89. The maximum Gasteiger partial charge on any atom is 0.146 e. The predicted molar refractivity (Wildman–Crippen MR) is 101 cm³/mol. The van der Waals surface area contributed by atoms with Crippen molar-refractivity contribution >= 4 is 28.1 Å². The van der Waals surface area contributed by atoms with Crippen molar-refractivity contribution in [2.75, 3.05) is 11.1 Å². The molecule has 0 radical (unpaired) electrons. The molecule has 1 aliphatic carbocycles. The minimum Gasteiger partial charge on any atom is -0.488 e. The third kappa shape index (κ3) is 3.77. The lowest BCUT2D eigenvalue weighted by molar-refractivity contribution is 0.155. The molecule has 2 aromatic carbocycles. The van der Waals surface area contributed by atoms with Gasteiger partial charge in [-0.1, -0.05) is 6.42 Å². The lowest BCUT2D eigenvalue weighted by atomic mass is 9.98. The molecule has 140 valence electrons. The van der Waals surface area contributed by atoms with Gasteiger partial charge < -0.3 is 15.8 Å². The molecule has 0 amide bonds. The summed E-state index contributed by atoms with van der Waals surface area (Å²) in [5, 5.41) is 3.29. The predicted octanol–water partition coefficient (Wildman–Crippen LogP) is 4.95. The number of benzene rings is 2. The normalized spacial score (nSPS) is 15.0. The van der Waals surface area contributed by atoms with Crippen LogP contribution in [-0.2, 0) is 0 Å². The van der Waals surface area contributed by atoms with Gasteiger partial charge in [0, 0.05) is 11.8 Å². The molecule has 1 aliphatic rings. The van der Waals surface area contributed by atoms with Gasteiger partial charge in [-0.3, -0.25) is 0 Å². The molecule has 4 rings (SSSR count). The van der Waals surface area contributed by atoms with Crippen LogP contribution in [0.4, 0.5) is 26.0 Å². The molecule has 27 heavy (non-hydrogen) atoms. The number of aromatic nitrogens is 2. The number of anilines is 3. The number of halogens is 2. The molecule has 3 N–H and O–H groups in total. The Hall–Kier alpha value is -2.96. The third-order valence-electron chi connectivity index (χ3n) is 4.75. The van der Waals surface area contributed by atoms with Crippen molar-refractivity contribution in [1.29, 1.82) is 0 Å². The highest BCUT2D eigenvalue weighted by Crippen LogP contribution is 2.34. The minimum absolute atomic E-state index is 0.0553. The fraction of sp³-hybridized carbons (Fsp3) is 0.300. The average molecular weight is 370 g/mol. The third-order valence-corrected chi connectivity index (χ3v) is 4.75. The van der Waals surface area contributed by atoms with E-state index in [2.05, 4.69) is 15.3 Å². The number of nitrogens with one attached hydrogen (secondary N) is 1. The highest BCUT2D eigenvalue weighted by Gasteiger charge is 2.18. The number of nitrogens with two attached hydrogens (primary N) is 1. The second-order valence-corrected chi connectivity index (χ2v) is 6.76. The standard InChI is InChI=1S/C20H20F2N4O/c21-12-6-7-16(18(8-12)27-14-4-2-1-3-5-14)26-20-19-15(22)9-13(23)10-17(19)24-11-25-20/h6-11,14H,1-5,23H2,(H,24,25,26). The van der Waals surface area contributed by atoms with Crippen LogP contribution in [0.15, 0.2) is 36.7 Å². The molecular weight excluding hydrogens is 350 g/mol. The maximum atomic E-state index is 14.5. The molecule has 1 fully saturated rings. The van der Waals surface area contributed by atoms with Crippen LogP contribution in [0, 0.1) is 11.6 Å². The zero-order chi connectivity index (χ0) is 18.8. The molecule has 1 saturated carbocycles. The largest absolute Gasteiger partial charge is 0.488 e. The summed E-state index contributed by atoms with van der Waals surface area (Å²) >= 11 is 0. The van der Waals surface area contributed by atoms with Crippen LogP contribution >= 0.6 is 0 Å². The van der Waals surface area contributed by atoms with Crippen molar-refractivity contribution in [2.24, 2.45) is 0 Å². The SMILES string of the molecule is Nc1cc(F)c2c(Nc3ccc(F)cc3OC3CCCCC3)ncnc2c1. The molecule has 0 atom stereocenters. The van der Waals surface area contributed by atoms with Gasteiger partial charge in [-0.15, -0.1) is 0 Å². The Bertz CT molecular complexity index is 974. The van der Waals surface area contributed by atoms with Crippen LogP contribution in [0.5, 0.6) is 5.75 Å². The van der Waals surface area contributed by atoms with Crippen molar-refractivity contribution in [2.45, 2.75) is 38.2 Å². The van der Waals surface area contributed by atoms with Gasteiger partial charge in [0.2, 0.25) is 0 Å². The quantitative estimate of drug-likeness (QED) is 0.636. The molecule has 0 aliphatic heterocycles. The number of nitrogens with zero attached hydrogens (tertiary/aromatic N) is 2. The summed E-state index contributed by atoms with van der Waals surface area (Å²) in [5.74, 6) is -0.245. The van der Waals surface area contributed by atoms with Gasteiger partial charge >= 0.3 is 0 Å². The fourth-order valence-electron chi connectivity index (χ4n) is 3.44. The Balaban J connectivity index is 1.69. The van der Waals surface area contributed by atoms with Gasteiger partial charge in [-0.05, 0) is 49.9 Å². The van der Waals surface area contributed by atoms with E-state index < -0.39 is 11.6 Å². The van der Waals surface area contributed by atoms with E-state index in [1.54, 1.807) is 12.1 Å². The van der Waals surface area contributed by atoms with E-state index in [1.807, 2.05) is 0 Å². The molecule has 0 bridgehead atoms. The highest BCUT2D eigenvalue weighted by molar-refractivity contribution is 5.93. The number of nitrogen functional groups attached to an aromatic ring is 1. The van der Waals surface area contributed by atoms with Crippen LogP contribution in [0.3, 0.4) is 0 Å². The molecule has 3 aromatic rings. The Morgan fingerprint density at radius 1 is 1.04 bits per heavy atom. The number of ether oxygens (including phenoxy) is 1. The van der Waals surface area contributed by atoms with Crippen molar-refractivity contribution in [3.8, 4) is 5.75 Å². The lowest BCUT2D eigenvalue weighted by Crippen LogP contribution is -2.20. The van der Waals surface area contributed by atoms with Gasteiger partial charge in [-0.2, -0.15) is 0 Å². The number of rotatable bonds is 4. The second kappa shape index (κ2) is 7.34. The first-order chi connectivity index (χ1) is 13.1. The summed E-state index contributed by atoms with van der Waals surface area (Å²) in [7, 11) is 0. The Kier molecular flexibility index (Phi) is 4.75. The van der Waals surface area contributed by atoms with E-state index >= 15 is 0 Å². The van der Waals surface area contributed by atoms with Crippen LogP contribution < -0.4 is 15.8 Å². The van der Waals surface area contributed by atoms with Gasteiger partial charge in [0.15, 0.2) is 0 Å². The zero-order valence-corrected chi connectivity index (χ0v) is 14.7. The van der Waals surface area contributed by atoms with Crippen molar-refractivity contribution in [3.05, 3.63) is 48.3 Å². The first-order valence-electron chi connectivity index (χ1n) is 9.03. The van der Waals surface area contributed by atoms with E-state index in [0.717, 1.165) is 25.7 Å². The molecule has 1 heterocycles. The highest BCUT2D eigenvalue weighted by atomic mass is 19.1. The molecule has 0 spiro atoms. The monoisotopic (exact) mass is 370 g/mol. The summed E-state index contributed by atoms with van der Waals surface area (Å²) < 4.78 is 34.3. The van der Waals surface area contributed by atoms with Crippen LogP contribution in [-0.4, -0.2) is 16.1 Å². The Morgan fingerprint density at radius 2 is 1.85 bits per heavy atom. The van der Waals surface area contributed by atoms with Gasteiger partial charge in [0.05, 0.1) is 22.7 Å². The summed E-state index contributed by atoms with van der Waals surface area (Å²) in [6, 6.07) is 7.04. The first-order valence-corrected chi connectivity index (χ1v) is 9.03. The summed E-state index contributed by atoms with van der Waals surface area (Å²) in [6.07, 6.45) is 6.68. The average Bonchev–Trinajstić information content (AvgIpc) is 2.64. The zero-order valence-electron chi connectivity index (χ0n) is 14.7. The molecule has 1 aromatic heterocycles. The Morgan fingerprint density at radius 3 is 2.67 bits per heavy atom. The first kappa shape index (κ1) is 17.5. The van der Waals surface area contributed by atoms with Crippen molar-refractivity contribution in [3.63, 3.8) is 0 Å². The number of fused-ring (bicyclic) bond motifs is 1. The van der Waals surface area contributed by atoms with Crippen molar-refractivity contribution < 1.29 is 13.5 Å². The molecule has 0 unspecified atom stereocenters. The fourth-order valence-corrected chi connectivity index (χ4v) is 3.44. The number of hydrogen-bond donors (Lipinski definition) is 2. The van der Waals surface area contributed by atoms with Gasteiger partial charge in [-0.25, -0.2) is 18.7 Å². The second-order valence-electron chi connectivity index (χ2n) is 6.76. The smallest absolute Gasteiger partial charge is 0.146 e. The van der Waals surface area contributed by atoms with Crippen LogP contribution in [0.25, 0.3) is 10.9 Å². The van der Waals surface area contributed by atoms with Gasteiger partial charge in [0.25, 0.3) is 0 Å². The van der Waals surface area contributed by atoms with Gasteiger partial charge in [0.1, 0.15) is 29.5 Å². The number of hydrogen-bond acceptors (Lipinski definition) is 5.